The normalized spacial score (nSPS) is 14.1. The first-order valence-electron chi connectivity index (χ1n) is 12.9. The third-order valence-electron chi connectivity index (χ3n) is 6.61. The number of nitrogens with zero attached hydrogens (tertiary/aromatic N) is 4. The van der Waals surface area contributed by atoms with E-state index < -0.39 is 0 Å². The van der Waals surface area contributed by atoms with E-state index in [1.54, 1.807) is 0 Å². The van der Waals surface area contributed by atoms with E-state index in [4.69, 9.17) is 21.4 Å². The Labute approximate surface area is 237 Å². The van der Waals surface area contributed by atoms with E-state index in [-0.39, 0.29) is 5.91 Å². The van der Waals surface area contributed by atoms with Gasteiger partial charge in [0.05, 0.1) is 28.4 Å². The third-order valence-corrected chi connectivity index (χ3v) is 6.98. The van der Waals surface area contributed by atoms with Crippen LogP contribution in [0.25, 0.3) is 23.0 Å². The summed E-state index contributed by atoms with van der Waals surface area (Å²) in [5.41, 5.74) is 6.19. The highest BCUT2D eigenvalue weighted by molar-refractivity contribution is 6.32. The zero-order valence-electron chi connectivity index (χ0n) is 21.7. The fourth-order valence-corrected chi connectivity index (χ4v) is 4.69. The number of carbonyl (C=O) groups is 1. The Hall–Kier alpha value is -4.94. The number of aromatic nitrogens is 2. The van der Waals surface area contributed by atoms with Crippen LogP contribution in [0.15, 0.2) is 126 Å². The molecule has 0 N–H and O–H groups in total. The minimum absolute atomic E-state index is 0.176. The predicted octanol–water partition coefficient (Wildman–Crippen LogP) is 7.58. The average molecular weight is 545 g/mol. The fourth-order valence-electron chi connectivity index (χ4n) is 4.50. The van der Waals surface area contributed by atoms with Gasteiger partial charge in [0.2, 0.25) is 0 Å². The first-order valence-corrected chi connectivity index (χ1v) is 13.2. The maximum Gasteiger partial charge on any atom is 0.280 e. The molecule has 1 amide bonds. The summed E-state index contributed by atoms with van der Waals surface area (Å²) in [6.07, 6.45) is 3.80. The molecule has 0 spiro atoms. The minimum atomic E-state index is -0.176. The van der Waals surface area contributed by atoms with E-state index in [9.17, 15) is 4.79 Å². The van der Waals surface area contributed by atoms with Crippen LogP contribution in [0.2, 0.25) is 5.02 Å². The average Bonchev–Trinajstić information content (AvgIpc) is 3.55. The van der Waals surface area contributed by atoms with Crippen molar-refractivity contribution in [2.24, 2.45) is 5.10 Å². The Kier molecular flexibility index (Phi) is 7.00. The molecule has 0 unspecified atom stereocenters. The molecule has 4 aromatic carbocycles. The Morgan fingerprint density at radius 3 is 2.17 bits per heavy atom. The van der Waals surface area contributed by atoms with Gasteiger partial charge < -0.3 is 4.74 Å². The molecule has 0 fully saturated rings. The SMILES string of the molecule is CC1=NN(c2ccccc2)C(=O)C1=Cc1cn(-c2ccccc2)nc1-c1ccc(OCc2ccccc2Cl)cc1. The van der Waals surface area contributed by atoms with E-state index >= 15 is 0 Å². The lowest BCUT2D eigenvalue weighted by Crippen LogP contribution is -2.21. The summed E-state index contributed by atoms with van der Waals surface area (Å²) in [5.74, 6) is 0.545. The molecule has 196 valence electrons. The number of amides is 1. The second kappa shape index (κ2) is 11.0. The van der Waals surface area contributed by atoms with Gasteiger partial charge in [0.1, 0.15) is 12.4 Å². The van der Waals surface area contributed by atoms with E-state index in [2.05, 4.69) is 5.10 Å². The number of carbonyl (C=O) groups excluding carboxylic acids is 1. The van der Waals surface area contributed by atoms with Gasteiger partial charge in [0, 0.05) is 27.9 Å². The van der Waals surface area contributed by atoms with Crippen molar-refractivity contribution in [2.45, 2.75) is 13.5 Å². The zero-order chi connectivity index (χ0) is 27.5. The Bertz CT molecular complexity index is 1730. The van der Waals surface area contributed by atoms with Crippen molar-refractivity contribution in [3.63, 3.8) is 0 Å². The molecule has 0 saturated carbocycles. The van der Waals surface area contributed by atoms with Gasteiger partial charge in [-0.05, 0) is 67.6 Å². The highest BCUT2D eigenvalue weighted by Crippen LogP contribution is 2.30. The first kappa shape index (κ1) is 25.3. The monoisotopic (exact) mass is 544 g/mol. The summed E-state index contributed by atoms with van der Waals surface area (Å²) in [4.78, 5) is 13.4. The van der Waals surface area contributed by atoms with Crippen molar-refractivity contribution in [3.05, 3.63) is 137 Å². The van der Waals surface area contributed by atoms with E-state index in [1.165, 1.54) is 5.01 Å². The van der Waals surface area contributed by atoms with Crippen LogP contribution in [0.4, 0.5) is 5.69 Å². The Morgan fingerprint density at radius 1 is 0.825 bits per heavy atom. The second-order valence-corrected chi connectivity index (χ2v) is 9.72. The molecule has 0 saturated heterocycles. The molecule has 1 aliphatic rings. The molecule has 0 aliphatic carbocycles. The van der Waals surface area contributed by atoms with Crippen molar-refractivity contribution in [3.8, 4) is 22.7 Å². The van der Waals surface area contributed by atoms with Gasteiger partial charge in [-0.1, -0.05) is 66.2 Å². The molecule has 2 heterocycles. The topological polar surface area (TPSA) is 59.7 Å². The van der Waals surface area contributed by atoms with Gasteiger partial charge in [-0.15, -0.1) is 0 Å². The van der Waals surface area contributed by atoms with E-state index in [0.29, 0.717) is 22.9 Å². The number of hydrogen-bond acceptors (Lipinski definition) is 4. The van der Waals surface area contributed by atoms with Gasteiger partial charge >= 0.3 is 0 Å². The third kappa shape index (κ3) is 5.17. The number of halogens is 1. The molecular formula is C33H25ClN4O2. The molecule has 0 radical (unpaired) electrons. The first-order chi connectivity index (χ1) is 19.6. The standard InChI is InChI=1S/C33H25ClN4O2/c1-23-30(33(39)38(35-23)28-13-6-3-7-14-28)20-26-21-37(27-11-4-2-5-12-27)36-32(26)24-16-18-29(19-17-24)40-22-25-10-8-9-15-31(25)34/h2-21H,22H2,1H3. The Balaban J connectivity index is 1.33. The van der Waals surface area contributed by atoms with Crippen LogP contribution >= 0.6 is 11.6 Å². The number of para-hydroxylation sites is 2. The minimum Gasteiger partial charge on any atom is -0.489 e. The smallest absolute Gasteiger partial charge is 0.280 e. The predicted molar refractivity (Wildman–Crippen MR) is 160 cm³/mol. The lowest BCUT2D eigenvalue weighted by atomic mass is 10.0. The maximum absolute atomic E-state index is 13.4. The van der Waals surface area contributed by atoms with Crippen molar-refractivity contribution in [2.75, 3.05) is 5.01 Å². The zero-order valence-corrected chi connectivity index (χ0v) is 22.5. The van der Waals surface area contributed by atoms with Crippen LogP contribution in [0.3, 0.4) is 0 Å². The van der Waals surface area contributed by atoms with Crippen LogP contribution in [0.1, 0.15) is 18.1 Å². The molecule has 0 atom stereocenters. The summed E-state index contributed by atoms with van der Waals surface area (Å²) in [6.45, 7) is 2.22. The summed E-state index contributed by atoms with van der Waals surface area (Å²) in [7, 11) is 0. The highest BCUT2D eigenvalue weighted by Gasteiger charge is 2.29. The van der Waals surface area contributed by atoms with Crippen molar-refractivity contribution in [1.29, 1.82) is 0 Å². The van der Waals surface area contributed by atoms with E-state index in [0.717, 1.165) is 39.5 Å². The largest absolute Gasteiger partial charge is 0.489 e. The van der Waals surface area contributed by atoms with Crippen LogP contribution in [-0.2, 0) is 11.4 Å². The molecule has 6 nitrogen and oxygen atoms in total. The molecule has 7 heteroatoms. The van der Waals surface area contributed by atoms with Gasteiger partial charge in [0.15, 0.2) is 0 Å². The van der Waals surface area contributed by atoms with Crippen molar-refractivity contribution >= 4 is 35.0 Å². The van der Waals surface area contributed by atoms with Crippen LogP contribution in [0, 0.1) is 0 Å². The lowest BCUT2D eigenvalue weighted by molar-refractivity contribution is -0.114. The van der Waals surface area contributed by atoms with Crippen LogP contribution in [0.5, 0.6) is 5.75 Å². The summed E-state index contributed by atoms with van der Waals surface area (Å²) in [5, 5.41) is 11.5. The van der Waals surface area contributed by atoms with Gasteiger partial charge in [-0.25, -0.2) is 4.68 Å². The number of rotatable bonds is 7. The molecule has 6 rings (SSSR count). The second-order valence-electron chi connectivity index (χ2n) is 9.31. The van der Waals surface area contributed by atoms with Crippen molar-refractivity contribution < 1.29 is 9.53 Å². The molecular weight excluding hydrogens is 520 g/mol. The van der Waals surface area contributed by atoms with Gasteiger partial charge in [-0.3, -0.25) is 4.79 Å². The number of hydrogen-bond donors (Lipinski definition) is 0. The summed E-state index contributed by atoms with van der Waals surface area (Å²) < 4.78 is 7.79. The molecule has 5 aromatic rings. The summed E-state index contributed by atoms with van der Waals surface area (Å²) >= 11 is 6.27. The number of ether oxygens (including phenoxy) is 1. The van der Waals surface area contributed by atoms with Crippen molar-refractivity contribution in [1.82, 2.24) is 9.78 Å². The van der Waals surface area contributed by atoms with Gasteiger partial charge in [0.25, 0.3) is 5.91 Å². The number of hydrazone groups is 1. The summed E-state index contributed by atoms with van der Waals surface area (Å²) in [6, 6.07) is 34.7. The van der Waals surface area contributed by atoms with Crippen LogP contribution < -0.4 is 9.75 Å². The highest BCUT2D eigenvalue weighted by atomic mass is 35.5. The lowest BCUT2D eigenvalue weighted by Gasteiger charge is -2.11. The molecule has 1 aliphatic heterocycles. The van der Waals surface area contributed by atoms with Crippen LogP contribution in [-0.4, -0.2) is 21.4 Å². The quantitative estimate of drug-likeness (QED) is 0.198. The molecule has 1 aromatic heterocycles. The molecule has 40 heavy (non-hydrogen) atoms. The number of anilines is 1. The fraction of sp³-hybridized carbons (Fsp3) is 0.0606. The number of benzene rings is 4. The van der Waals surface area contributed by atoms with E-state index in [1.807, 2.05) is 133 Å². The molecule has 0 bridgehead atoms. The van der Waals surface area contributed by atoms with Gasteiger partial charge in [-0.2, -0.15) is 15.2 Å². The maximum atomic E-state index is 13.4. The Morgan fingerprint density at radius 2 is 1.48 bits per heavy atom.